The van der Waals surface area contributed by atoms with Crippen LogP contribution in [0.1, 0.15) is 21.0 Å². The predicted molar refractivity (Wildman–Crippen MR) is 111 cm³/mol. The molecular weight excluding hydrogens is 380 g/mol. The zero-order chi connectivity index (χ0) is 21.1. The van der Waals surface area contributed by atoms with Crippen molar-refractivity contribution in [3.8, 4) is 0 Å². The van der Waals surface area contributed by atoms with E-state index in [9.17, 15) is 9.59 Å². The van der Waals surface area contributed by atoms with Crippen molar-refractivity contribution in [1.29, 1.82) is 0 Å². The zero-order valence-corrected chi connectivity index (χ0v) is 16.5. The van der Waals surface area contributed by atoms with Gasteiger partial charge in [0.15, 0.2) is 30.4 Å². The van der Waals surface area contributed by atoms with Gasteiger partial charge in [-0.3, -0.25) is 9.59 Å². The Kier molecular flexibility index (Phi) is 5.13. The minimum Gasteiger partial charge on any atom is -0.316 e. The molecule has 0 aliphatic carbocycles. The first kappa shape index (κ1) is 19.1. The van der Waals surface area contributed by atoms with Crippen molar-refractivity contribution in [3.63, 3.8) is 0 Å². The fourth-order valence-corrected chi connectivity index (χ4v) is 2.97. The highest BCUT2D eigenvalue weighted by molar-refractivity contribution is 6.05. The molecule has 4 aromatic rings. The molecule has 0 aliphatic heterocycles. The fraction of sp³-hybridized carbons (Fsp3) is 0.0909. The summed E-state index contributed by atoms with van der Waals surface area (Å²) in [4.78, 5) is 33.8. The molecule has 0 saturated carbocycles. The van der Waals surface area contributed by atoms with E-state index in [1.54, 1.807) is 48.8 Å². The maximum atomic E-state index is 12.6. The van der Waals surface area contributed by atoms with Crippen LogP contribution in [0.4, 0.5) is 11.4 Å². The number of carbonyl (C=O) groups excluding carboxylic acids is 2. The van der Waals surface area contributed by atoms with Gasteiger partial charge in [-0.1, -0.05) is 0 Å². The van der Waals surface area contributed by atoms with Crippen LogP contribution in [0, 0.1) is 0 Å². The lowest BCUT2D eigenvalue weighted by atomic mass is 10.2. The molecule has 2 amide bonds. The molecule has 4 heterocycles. The van der Waals surface area contributed by atoms with Crippen LogP contribution >= 0.6 is 0 Å². The highest BCUT2D eigenvalue weighted by atomic mass is 16.2. The summed E-state index contributed by atoms with van der Waals surface area (Å²) in [5, 5.41) is 6.35. The lowest BCUT2D eigenvalue weighted by Gasteiger charge is -2.06. The number of rotatable bonds is 4. The molecule has 8 heteroatoms. The Bertz CT molecular complexity index is 1180. The van der Waals surface area contributed by atoms with E-state index >= 15 is 0 Å². The number of anilines is 2. The van der Waals surface area contributed by atoms with Gasteiger partial charge < -0.3 is 10.6 Å². The van der Waals surface area contributed by atoms with Crippen molar-refractivity contribution in [1.82, 2.24) is 9.97 Å². The summed E-state index contributed by atoms with van der Waals surface area (Å²) >= 11 is 0. The van der Waals surface area contributed by atoms with E-state index in [0.29, 0.717) is 17.0 Å². The lowest BCUT2D eigenvalue weighted by Crippen LogP contribution is -2.27. The van der Waals surface area contributed by atoms with Gasteiger partial charge in [-0.15, -0.1) is 0 Å². The molecule has 0 fully saturated rings. The van der Waals surface area contributed by atoms with E-state index in [-0.39, 0.29) is 23.2 Å². The summed E-state index contributed by atoms with van der Waals surface area (Å²) in [6.07, 6.45) is 7.33. The summed E-state index contributed by atoms with van der Waals surface area (Å²) in [6, 6.07) is 14.0. The summed E-state index contributed by atoms with van der Waals surface area (Å²) < 4.78 is 3.67. The van der Waals surface area contributed by atoms with Crippen molar-refractivity contribution in [2.75, 3.05) is 10.6 Å². The first-order valence-electron chi connectivity index (χ1n) is 9.29. The zero-order valence-electron chi connectivity index (χ0n) is 16.5. The van der Waals surface area contributed by atoms with Gasteiger partial charge in [0.2, 0.25) is 0 Å². The van der Waals surface area contributed by atoms with Gasteiger partial charge >= 0.3 is 0 Å². The Labute approximate surface area is 172 Å². The first-order chi connectivity index (χ1) is 14.5. The van der Waals surface area contributed by atoms with Crippen molar-refractivity contribution in [2.24, 2.45) is 14.1 Å². The number of carbonyl (C=O) groups is 2. The van der Waals surface area contributed by atoms with Crippen LogP contribution in [0.3, 0.4) is 0 Å². The maximum absolute atomic E-state index is 12.6. The SMILES string of the molecule is C[n+]1cccc(NC(=O)c2ccc3ccc(C(=O)Nc4ccc[n+](C)c4)nc3n2)c1. The second-order valence-electron chi connectivity index (χ2n) is 6.86. The Morgan fingerprint density at radius 3 is 1.63 bits per heavy atom. The molecule has 0 atom stereocenters. The van der Waals surface area contributed by atoms with E-state index in [0.717, 1.165) is 5.39 Å². The Hall–Kier alpha value is -4.20. The molecule has 0 radical (unpaired) electrons. The van der Waals surface area contributed by atoms with Crippen LogP contribution in [0.25, 0.3) is 11.0 Å². The standard InChI is InChI=1S/C22H18N6O2/c1-27-11-3-5-16(13-27)23-21(29)18-9-7-15-8-10-19(26-20(15)25-18)22(30)24-17-6-4-12-28(2)14-17/h3-14H,1-2H3/p+2. The third-order valence-electron chi connectivity index (χ3n) is 4.41. The number of amides is 2. The number of hydrogen-bond donors (Lipinski definition) is 2. The van der Waals surface area contributed by atoms with E-state index in [1.165, 1.54) is 0 Å². The summed E-state index contributed by atoms with van der Waals surface area (Å²) in [6.45, 7) is 0. The molecular formula is C22H20N6O2+2. The number of pyridine rings is 4. The smallest absolute Gasteiger partial charge is 0.274 e. The molecule has 8 nitrogen and oxygen atoms in total. The minimum absolute atomic E-state index is 0.217. The van der Waals surface area contributed by atoms with E-state index in [2.05, 4.69) is 20.6 Å². The second-order valence-corrected chi connectivity index (χ2v) is 6.86. The summed E-state index contributed by atoms with van der Waals surface area (Å²) in [7, 11) is 3.74. The topological polar surface area (TPSA) is 91.7 Å². The van der Waals surface area contributed by atoms with Crippen molar-refractivity contribution >= 4 is 34.2 Å². The van der Waals surface area contributed by atoms with Crippen molar-refractivity contribution < 1.29 is 18.7 Å². The predicted octanol–water partition coefficient (Wildman–Crippen LogP) is 1.78. The van der Waals surface area contributed by atoms with Gasteiger partial charge in [0.25, 0.3) is 11.8 Å². The fourth-order valence-electron chi connectivity index (χ4n) is 2.97. The number of nitrogens with one attached hydrogen (secondary N) is 2. The summed E-state index contributed by atoms with van der Waals surface area (Å²) in [5.41, 5.74) is 2.07. The van der Waals surface area contributed by atoms with E-state index < -0.39 is 0 Å². The average Bonchev–Trinajstić information content (AvgIpc) is 2.73. The Morgan fingerprint density at radius 2 is 1.20 bits per heavy atom. The molecule has 0 unspecified atom stereocenters. The molecule has 148 valence electrons. The largest absolute Gasteiger partial charge is 0.316 e. The van der Waals surface area contributed by atoms with Gasteiger partial charge in [-0.2, -0.15) is 0 Å². The highest BCUT2D eigenvalue weighted by Crippen LogP contribution is 2.14. The van der Waals surface area contributed by atoms with Crippen molar-refractivity contribution in [2.45, 2.75) is 0 Å². The second kappa shape index (κ2) is 8.04. The number of aryl methyl sites for hydroxylation is 2. The number of nitrogens with zero attached hydrogens (tertiary/aromatic N) is 4. The van der Waals surface area contributed by atoms with E-state index in [1.807, 2.05) is 47.8 Å². The Morgan fingerprint density at radius 1 is 0.733 bits per heavy atom. The number of aromatic nitrogens is 4. The van der Waals surface area contributed by atoms with Gasteiger partial charge in [-0.25, -0.2) is 19.1 Å². The molecule has 4 rings (SSSR count). The van der Waals surface area contributed by atoms with Crippen molar-refractivity contribution in [3.05, 3.63) is 84.7 Å². The maximum Gasteiger partial charge on any atom is 0.274 e. The van der Waals surface area contributed by atoms with Crippen LogP contribution in [-0.4, -0.2) is 21.8 Å². The molecule has 0 saturated heterocycles. The van der Waals surface area contributed by atoms with Gasteiger partial charge in [-0.05, 0) is 36.4 Å². The van der Waals surface area contributed by atoms with Crippen LogP contribution in [0.15, 0.2) is 73.3 Å². The van der Waals surface area contributed by atoms with Crippen LogP contribution in [-0.2, 0) is 14.1 Å². The number of hydrogen-bond acceptors (Lipinski definition) is 4. The van der Waals surface area contributed by atoms with Gasteiger partial charge in [0.1, 0.15) is 36.9 Å². The molecule has 30 heavy (non-hydrogen) atoms. The molecule has 4 aromatic heterocycles. The molecule has 0 aromatic carbocycles. The minimum atomic E-state index is -0.350. The molecule has 0 bridgehead atoms. The Balaban J connectivity index is 1.57. The molecule has 0 spiro atoms. The van der Waals surface area contributed by atoms with Crippen LogP contribution < -0.4 is 19.8 Å². The molecule has 2 N–H and O–H groups in total. The van der Waals surface area contributed by atoms with Crippen LogP contribution in [0.5, 0.6) is 0 Å². The quantitative estimate of drug-likeness (QED) is 0.511. The van der Waals surface area contributed by atoms with Gasteiger partial charge in [0.05, 0.1) is 0 Å². The number of fused-ring (bicyclic) bond motifs is 1. The molecule has 0 aliphatic rings. The highest BCUT2D eigenvalue weighted by Gasteiger charge is 2.14. The van der Waals surface area contributed by atoms with Gasteiger partial charge in [0, 0.05) is 17.5 Å². The third-order valence-corrected chi connectivity index (χ3v) is 4.41. The van der Waals surface area contributed by atoms with Crippen LogP contribution in [0.2, 0.25) is 0 Å². The van der Waals surface area contributed by atoms with E-state index in [4.69, 9.17) is 0 Å². The third kappa shape index (κ3) is 4.27. The first-order valence-corrected chi connectivity index (χ1v) is 9.29. The normalized spacial score (nSPS) is 10.6. The summed E-state index contributed by atoms with van der Waals surface area (Å²) in [5.74, 6) is -0.701. The lowest BCUT2D eigenvalue weighted by molar-refractivity contribution is -0.670. The average molecular weight is 400 g/mol. The monoisotopic (exact) mass is 400 g/mol.